The van der Waals surface area contributed by atoms with Crippen LogP contribution in [0, 0.1) is 0 Å². The van der Waals surface area contributed by atoms with Crippen LogP contribution in [0.25, 0.3) is 0 Å². The van der Waals surface area contributed by atoms with E-state index in [4.69, 9.17) is 5.73 Å². The fourth-order valence-electron chi connectivity index (χ4n) is 3.05. The Kier molecular flexibility index (Phi) is 5.79. The first kappa shape index (κ1) is 16.5. The molecule has 1 saturated heterocycles. The number of carbonyl (C=O) groups is 1. The molecule has 0 aromatic heterocycles. The van der Waals surface area contributed by atoms with Gasteiger partial charge < -0.3 is 11.1 Å². The summed E-state index contributed by atoms with van der Waals surface area (Å²) in [4.78, 5) is 14.4. The molecule has 116 valence electrons. The highest BCUT2D eigenvalue weighted by Gasteiger charge is 2.36. The Bertz CT molecular complexity index is 477. The van der Waals surface area contributed by atoms with Gasteiger partial charge in [0.1, 0.15) is 0 Å². The molecule has 1 amide bonds. The van der Waals surface area contributed by atoms with E-state index < -0.39 is 0 Å². The maximum atomic E-state index is 12.1. The van der Waals surface area contributed by atoms with E-state index in [1.54, 1.807) is 0 Å². The minimum atomic E-state index is -0.0926. The van der Waals surface area contributed by atoms with Crippen LogP contribution >= 0.6 is 15.9 Å². The molecule has 0 bridgehead atoms. The van der Waals surface area contributed by atoms with Gasteiger partial charge in [0.25, 0.3) is 0 Å². The van der Waals surface area contributed by atoms with Crippen LogP contribution < -0.4 is 11.1 Å². The molecule has 3 unspecified atom stereocenters. The molecule has 0 spiro atoms. The van der Waals surface area contributed by atoms with E-state index in [1.165, 1.54) is 5.56 Å². The van der Waals surface area contributed by atoms with Crippen LogP contribution in [0.4, 0.5) is 0 Å². The average Bonchev–Trinajstić information content (AvgIpc) is 2.49. The van der Waals surface area contributed by atoms with Crippen molar-refractivity contribution in [3.8, 4) is 0 Å². The number of nitrogens with two attached hydrogens (primary N) is 1. The maximum absolute atomic E-state index is 12.1. The molecule has 5 heteroatoms. The van der Waals surface area contributed by atoms with E-state index in [1.807, 2.05) is 12.1 Å². The van der Waals surface area contributed by atoms with E-state index in [9.17, 15) is 4.79 Å². The quantitative estimate of drug-likeness (QED) is 0.854. The van der Waals surface area contributed by atoms with Gasteiger partial charge in [-0.3, -0.25) is 9.69 Å². The third kappa shape index (κ3) is 3.65. The molecule has 4 nitrogen and oxygen atoms in total. The van der Waals surface area contributed by atoms with Crippen molar-refractivity contribution in [2.75, 3.05) is 13.1 Å². The number of amides is 1. The molecule has 1 aliphatic heterocycles. The summed E-state index contributed by atoms with van der Waals surface area (Å²) in [6, 6.07) is 8.29. The number of nitrogens with one attached hydrogen (secondary N) is 1. The number of carbonyl (C=O) groups excluding carboxylic acids is 1. The van der Waals surface area contributed by atoms with Crippen molar-refractivity contribution in [1.82, 2.24) is 10.2 Å². The van der Waals surface area contributed by atoms with Gasteiger partial charge in [0.05, 0.1) is 12.1 Å². The molecule has 2 rings (SSSR count). The number of halogens is 1. The Morgan fingerprint density at radius 3 is 2.62 bits per heavy atom. The summed E-state index contributed by atoms with van der Waals surface area (Å²) in [6.45, 7) is 5.69. The lowest BCUT2D eigenvalue weighted by atomic mass is 9.93. The van der Waals surface area contributed by atoms with Crippen molar-refractivity contribution in [1.29, 1.82) is 0 Å². The van der Waals surface area contributed by atoms with Crippen molar-refractivity contribution >= 4 is 21.8 Å². The summed E-state index contributed by atoms with van der Waals surface area (Å²) < 4.78 is 1.05. The number of hydrogen-bond acceptors (Lipinski definition) is 3. The van der Waals surface area contributed by atoms with Gasteiger partial charge in [0, 0.05) is 23.6 Å². The van der Waals surface area contributed by atoms with E-state index in [0.29, 0.717) is 6.54 Å². The zero-order valence-corrected chi connectivity index (χ0v) is 14.3. The van der Waals surface area contributed by atoms with Gasteiger partial charge in [-0.1, -0.05) is 41.9 Å². The van der Waals surface area contributed by atoms with Crippen molar-refractivity contribution in [3.05, 3.63) is 34.3 Å². The Morgan fingerprint density at radius 2 is 2.05 bits per heavy atom. The summed E-state index contributed by atoms with van der Waals surface area (Å²) in [5, 5.41) is 2.96. The first-order valence-corrected chi connectivity index (χ1v) is 8.42. The number of rotatable bonds is 5. The smallest absolute Gasteiger partial charge is 0.237 e. The fourth-order valence-corrected chi connectivity index (χ4v) is 3.32. The predicted molar refractivity (Wildman–Crippen MR) is 88.9 cm³/mol. The fraction of sp³-hybridized carbons (Fsp3) is 0.562. The van der Waals surface area contributed by atoms with Gasteiger partial charge >= 0.3 is 0 Å². The highest BCUT2D eigenvalue weighted by atomic mass is 79.9. The average molecular weight is 354 g/mol. The maximum Gasteiger partial charge on any atom is 0.237 e. The van der Waals surface area contributed by atoms with Crippen molar-refractivity contribution in [2.45, 2.75) is 44.8 Å². The van der Waals surface area contributed by atoms with Crippen molar-refractivity contribution < 1.29 is 4.79 Å². The molecule has 0 saturated carbocycles. The lowest BCUT2D eigenvalue weighted by Gasteiger charge is -2.42. The molecule has 0 radical (unpaired) electrons. The number of piperazine rings is 1. The number of hydrogen-bond donors (Lipinski definition) is 2. The van der Waals surface area contributed by atoms with Crippen molar-refractivity contribution in [3.63, 3.8) is 0 Å². The minimum absolute atomic E-state index is 0.0196. The van der Waals surface area contributed by atoms with E-state index >= 15 is 0 Å². The van der Waals surface area contributed by atoms with Crippen molar-refractivity contribution in [2.24, 2.45) is 5.73 Å². The summed E-state index contributed by atoms with van der Waals surface area (Å²) >= 11 is 3.47. The van der Waals surface area contributed by atoms with Crippen LogP contribution in [0.3, 0.4) is 0 Å². The molecule has 3 N–H and O–H groups in total. The Labute approximate surface area is 135 Å². The lowest BCUT2D eigenvalue weighted by molar-refractivity contribution is -0.130. The third-order valence-corrected chi connectivity index (χ3v) is 4.73. The molecule has 1 fully saturated rings. The van der Waals surface area contributed by atoms with Gasteiger partial charge in [0.15, 0.2) is 0 Å². The molecule has 1 heterocycles. The summed E-state index contributed by atoms with van der Waals surface area (Å²) in [5.41, 5.74) is 7.58. The number of benzene rings is 1. The van der Waals surface area contributed by atoms with Crippen LogP contribution in [0.5, 0.6) is 0 Å². The second-order valence-corrected chi connectivity index (χ2v) is 6.44. The molecule has 1 aromatic carbocycles. The topological polar surface area (TPSA) is 58.4 Å². The number of nitrogens with zero attached hydrogens (tertiary/aromatic N) is 1. The first-order valence-electron chi connectivity index (χ1n) is 7.63. The van der Waals surface area contributed by atoms with Gasteiger partial charge in [-0.25, -0.2) is 0 Å². The molecule has 3 atom stereocenters. The Morgan fingerprint density at radius 1 is 1.38 bits per heavy atom. The minimum Gasteiger partial charge on any atom is -0.353 e. The highest BCUT2D eigenvalue weighted by molar-refractivity contribution is 9.10. The van der Waals surface area contributed by atoms with E-state index in [-0.39, 0.29) is 24.0 Å². The monoisotopic (exact) mass is 353 g/mol. The van der Waals surface area contributed by atoms with Crippen LogP contribution in [0.15, 0.2) is 28.7 Å². The SMILES string of the molecule is CCC(N)C(c1ccc(Br)cc1)N1CCNC(=O)C1CC. The van der Waals surface area contributed by atoms with Gasteiger partial charge in [-0.05, 0) is 30.5 Å². The molecular formula is C16H24BrN3O. The third-order valence-electron chi connectivity index (χ3n) is 4.20. The first-order chi connectivity index (χ1) is 10.1. The standard InChI is InChI=1S/C16H24BrN3O/c1-3-13(18)15(11-5-7-12(17)8-6-11)20-10-9-19-16(21)14(20)4-2/h5-8,13-15H,3-4,9-10,18H2,1-2H3,(H,19,21). The largest absolute Gasteiger partial charge is 0.353 e. The van der Waals surface area contributed by atoms with Gasteiger partial charge in [-0.2, -0.15) is 0 Å². The van der Waals surface area contributed by atoms with Crippen LogP contribution in [0.1, 0.15) is 38.3 Å². The predicted octanol–water partition coefficient (Wildman–Crippen LogP) is 2.44. The molecule has 1 aromatic rings. The Balaban J connectivity index is 2.34. The summed E-state index contributed by atoms with van der Waals surface area (Å²) in [7, 11) is 0. The van der Waals surface area contributed by atoms with Crippen LogP contribution in [0.2, 0.25) is 0 Å². The Hall–Kier alpha value is -0.910. The molecule has 0 aliphatic carbocycles. The van der Waals surface area contributed by atoms with Gasteiger partial charge in [-0.15, -0.1) is 0 Å². The zero-order chi connectivity index (χ0) is 15.4. The van der Waals surface area contributed by atoms with Gasteiger partial charge in [0.2, 0.25) is 5.91 Å². The zero-order valence-electron chi connectivity index (χ0n) is 12.7. The second kappa shape index (κ2) is 7.38. The lowest BCUT2D eigenvalue weighted by Crippen LogP contribution is -2.58. The summed E-state index contributed by atoms with van der Waals surface area (Å²) in [6.07, 6.45) is 1.69. The second-order valence-electron chi connectivity index (χ2n) is 5.52. The molecule has 1 aliphatic rings. The molecule has 21 heavy (non-hydrogen) atoms. The highest BCUT2D eigenvalue weighted by Crippen LogP contribution is 2.30. The van der Waals surface area contributed by atoms with Crippen LogP contribution in [-0.4, -0.2) is 36.0 Å². The van der Waals surface area contributed by atoms with Crippen LogP contribution in [-0.2, 0) is 4.79 Å². The van der Waals surface area contributed by atoms with E-state index in [0.717, 1.165) is 23.9 Å². The van der Waals surface area contributed by atoms with E-state index in [2.05, 4.69) is 52.1 Å². The molecular weight excluding hydrogens is 330 g/mol. The normalized spacial score (nSPS) is 22.7. The summed E-state index contributed by atoms with van der Waals surface area (Å²) in [5.74, 6) is 0.120.